The lowest BCUT2D eigenvalue weighted by molar-refractivity contribution is 0.163. The Morgan fingerprint density at radius 2 is 1.88 bits per heavy atom. The molecule has 6 nitrogen and oxygen atoms in total. The molecule has 3 heterocycles. The van der Waals surface area contributed by atoms with Crippen LogP contribution >= 0.6 is 11.9 Å². The van der Waals surface area contributed by atoms with Crippen molar-refractivity contribution in [3.05, 3.63) is 41.2 Å². The van der Waals surface area contributed by atoms with E-state index in [1.165, 1.54) is 31.4 Å². The van der Waals surface area contributed by atoms with Crippen LogP contribution < -0.4 is 15.0 Å². The summed E-state index contributed by atoms with van der Waals surface area (Å²) < 4.78 is 35.3. The van der Waals surface area contributed by atoms with Crippen molar-refractivity contribution < 1.29 is 13.5 Å². The largest absolute Gasteiger partial charge is 0.487 e. The van der Waals surface area contributed by atoms with Gasteiger partial charge in [-0.05, 0) is 37.7 Å². The maximum atomic E-state index is 14.0. The van der Waals surface area contributed by atoms with E-state index < -0.39 is 11.6 Å². The van der Waals surface area contributed by atoms with E-state index in [4.69, 9.17) is 14.7 Å². The van der Waals surface area contributed by atoms with Crippen molar-refractivity contribution in [1.82, 2.24) is 14.3 Å². The molecule has 2 aromatic rings. The van der Waals surface area contributed by atoms with Crippen LogP contribution in [0.3, 0.4) is 0 Å². The fourth-order valence-electron chi connectivity index (χ4n) is 4.45. The van der Waals surface area contributed by atoms with E-state index in [9.17, 15) is 8.78 Å². The number of nitrogens with one attached hydrogen (secondary N) is 1. The Hall–Kier alpha value is -2.13. The van der Waals surface area contributed by atoms with E-state index in [2.05, 4.69) is 20.8 Å². The summed E-state index contributed by atoms with van der Waals surface area (Å²) in [6.45, 7) is 3.33. The smallest absolute Gasteiger partial charge is 0.172 e. The zero-order chi connectivity index (χ0) is 22.1. The normalized spacial score (nSPS) is 20.0. The summed E-state index contributed by atoms with van der Waals surface area (Å²) in [6, 6.07) is 3.94. The van der Waals surface area contributed by atoms with Crippen molar-refractivity contribution in [3.63, 3.8) is 0 Å². The summed E-state index contributed by atoms with van der Waals surface area (Å²) in [5.74, 6) is 0.686. The van der Waals surface area contributed by atoms with Crippen molar-refractivity contribution in [2.45, 2.75) is 57.2 Å². The monoisotopic (exact) mass is 461 g/mol. The van der Waals surface area contributed by atoms with Gasteiger partial charge in [0.1, 0.15) is 11.9 Å². The van der Waals surface area contributed by atoms with Gasteiger partial charge in [-0.2, -0.15) is 0 Å². The molecule has 1 saturated heterocycles. The average Bonchev–Trinajstić information content (AvgIpc) is 2.77. The summed E-state index contributed by atoms with van der Waals surface area (Å²) in [6.07, 6.45) is 8.01. The van der Waals surface area contributed by atoms with Gasteiger partial charge in [-0.1, -0.05) is 11.9 Å². The Bertz CT molecular complexity index is 966. The number of anilines is 2. The Balaban J connectivity index is 1.30. The molecule has 32 heavy (non-hydrogen) atoms. The van der Waals surface area contributed by atoms with Gasteiger partial charge < -0.3 is 15.0 Å². The molecule has 0 amide bonds. The number of hydrogen-bond acceptors (Lipinski definition) is 7. The summed E-state index contributed by atoms with van der Waals surface area (Å²) >= 11 is 1.75. The molecule has 172 valence electrons. The van der Waals surface area contributed by atoms with E-state index >= 15 is 0 Å². The average molecular weight is 462 g/mol. The number of hydrogen-bond donors (Lipinski definition) is 1. The van der Waals surface area contributed by atoms with Gasteiger partial charge in [-0.15, -0.1) is 0 Å². The Morgan fingerprint density at radius 1 is 1.06 bits per heavy atom. The van der Waals surface area contributed by atoms with Crippen LogP contribution in [0.5, 0.6) is 5.75 Å². The summed E-state index contributed by atoms with van der Waals surface area (Å²) in [5.41, 5.74) is 2.16. The number of benzene rings is 1. The lowest BCUT2D eigenvalue weighted by atomic mass is 9.93. The summed E-state index contributed by atoms with van der Waals surface area (Å²) in [4.78, 5) is 12.4. The molecule has 2 fully saturated rings. The minimum atomic E-state index is -0.653. The van der Waals surface area contributed by atoms with Crippen LogP contribution in [0.15, 0.2) is 18.2 Å². The highest BCUT2D eigenvalue weighted by Crippen LogP contribution is 2.33. The number of piperidine rings is 1. The van der Waals surface area contributed by atoms with Crippen molar-refractivity contribution in [2.24, 2.45) is 0 Å². The predicted molar refractivity (Wildman–Crippen MR) is 123 cm³/mol. The second-order valence-electron chi connectivity index (χ2n) is 8.74. The van der Waals surface area contributed by atoms with E-state index in [0.29, 0.717) is 6.04 Å². The van der Waals surface area contributed by atoms with E-state index in [1.54, 1.807) is 11.9 Å². The molecular formula is C23H29F2N5OS. The Morgan fingerprint density at radius 3 is 2.56 bits per heavy atom. The first-order valence-corrected chi connectivity index (χ1v) is 12.6. The summed E-state index contributed by atoms with van der Waals surface area (Å²) in [5, 5.41) is 3.63. The molecule has 0 spiro atoms. The molecular weight excluding hydrogens is 432 g/mol. The molecule has 5 rings (SSSR count). The molecule has 0 radical (unpaired) electrons. The molecule has 9 heteroatoms. The lowest BCUT2D eigenvalue weighted by Gasteiger charge is -2.36. The second kappa shape index (κ2) is 9.39. The molecule has 0 atom stereocenters. The Labute approximate surface area is 191 Å². The molecule has 1 aromatic carbocycles. The van der Waals surface area contributed by atoms with Crippen LogP contribution in [-0.4, -0.2) is 52.3 Å². The minimum Gasteiger partial charge on any atom is -0.487 e. The van der Waals surface area contributed by atoms with Gasteiger partial charge in [-0.3, -0.25) is 0 Å². The first kappa shape index (κ1) is 21.7. The maximum absolute atomic E-state index is 14.0. The third-order valence-corrected chi connectivity index (χ3v) is 7.42. The van der Waals surface area contributed by atoms with Crippen LogP contribution in [0.25, 0.3) is 0 Å². The van der Waals surface area contributed by atoms with Crippen LogP contribution in [0, 0.1) is 11.6 Å². The number of aromatic nitrogens is 2. The van der Waals surface area contributed by atoms with E-state index in [-0.39, 0.29) is 11.9 Å². The van der Waals surface area contributed by atoms with Crippen LogP contribution in [-0.2, 0) is 13.0 Å². The van der Waals surface area contributed by atoms with Gasteiger partial charge in [0.15, 0.2) is 23.2 Å². The Kier molecular flexibility index (Phi) is 6.37. The molecule has 1 aliphatic carbocycles. The first-order chi connectivity index (χ1) is 15.6. The minimum absolute atomic E-state index is 0.102. The van der Waals surface area contributed by atoms with Gasteiger partial charge in [0.2, 0.25) is 0 Å². The number of halogens is 2. The molecule has 0 bridgehead atoms. The quantitative estimate of drug-likeness (QED) is 0.640. The highest BCUT2D eigenvalue weighted by atomic mass is 32.2. The predicted octanol–water partition coefficient (Wildman–Crippen LogP) is 4.40. The van der Waals surface area contributed by atoms with Gasteiger partial charge in [0, 0.05) is 51.0 Å². The van der Waals surface area contributed by atoms with Crippen molar-refractivity contribution in [3.8, 4) is 5.75 Å². The third kappa shape index (κ3) is 4.64. The molecule has 2 aliphatic heterocycles. The fourth-order valence-corrected chi connectivity index (χ4v) is 4.98. The molecule has 3 aliphatic rings. The van der Waals surface area contributed by atoms with Crippen LogP contribution in [0.1, 0.15) is 43.5 Å². The van der Waals surface area contributed by atoms with Gasteiger partial charge in [0.05, 0.1) is 17.9 Å². The topological polar surface area (TPSA) is 53.5 Å². The van der Waals surface area contributed by atoms with E-state index in [1.807, 2.05) is 0 Å². The zero-order valence-corrected chi connectivity index (χ0v) is 19.1. The molecule has 1 aromatic heterocycles. The number of rotatable bonds is 6. The van der Waals surface area contributed by atoms with Gasteiger partial charge in [-0.25, -0.2) is 23.1 Å². The maximum Gasteiger partial charge on any atom is 0.172 e. The molecule has 0 unspecified atom stereocenters. The molecule has 1 N–H and O–H groups in total. The number of nitrogens with zero attached hydrogens (tertiary/aromatic N) is 4. The van der Waals surface area contributed by atoms with Crippen LogP contribution in [0.4, 0.5) is 20.4 Å². The van der Waals surface area contributed by atoms with Crippen LogP contribution in [0.2, 0.25) is 0 Å². The first-order valence-electron chi connectivity index (χ1n) is 11.4. The van der Waals surface area contributed by atoms with Crippen molar-refractivity contribution in [1.29, 1.82) is 0 Å². The second-order valence-corrected chi connectivity index (χ2v) is 9.62. The zero-order valence-electron chi connectivity index (χ0n) is 18.3. The highest BCUT2D eigenvalue weighted by Gasteiger charge is 2.29. The third-order valence-electron chi connectivity index (χ3n) is 6.59. The number of ether oxygens (including phenoxy) is 1. The van der Waals surface area contributed by atoms with Crippen molar-refractivity contribution >= 4 is 23.6 Å². The number of fused-ring (bicyclic) bond motifs is 1. The highest BCUT2D eigenvalue weighted by molar-refractivity contribution is 7.96. The molecule has 1 saturated carbocycles. The van der Waals surface area contributed by atoms with Gasteiger partial charge in [0.25, 0.3) is 0 Å². The fraction of sp³-hybridized carbons (Fsp3) is 0.565. The lowest BCUT2D eigenvalue weighted by Crippen LogP contribution is -2.40. The SMILES string of the molecule is CSN1CCc2nc(N3CCC(Oc4ccc(F)cc4F)CC3)c(NC3CCC3)nc2C1. The summed E-state index contributed by atoms with van der Waals surface area (Å²) in [7, 11) is 0. The van der Waals surface area contributed by atoms with Crippen molar-refractivity contribution in [2.75, 3.05) is 36.1 Å². The van der Waals surface area contributed by atoms with Gasteiger partial charge >= 0.3 is 0 Å². The standard InChI is InChI=1S/C23H29F2N5OS/c1-32-30-12-9-19-20(14-30)27-22(26-16-3-2-4-16)23(28-19)29-10-7-17(8-11-29)31-21-6-5-15(24)13-18(21)25/h5-6,13,16-17H,2-4,7-12,14H2,1H3,(H,26,27). The van der Waals surface area contributed by atoms with E-state index in [0.717, 1.165) is 74.5 Å².